The zero-order chi connectivity index (χ0) is 9.50. The monoisotopic (exact) mass is 159 g/mol. The van der Waals surface area contributed by atoms with E-state index in [-0.39, 0.29) is 0 Å². The molecular weight excluding hydrogens is 139 g/mol. The molecule has 2 nitrogen and oxygen atoms in total. The summed E-state index contributed by atoms with van der Waals surface area (Å²) in [6.07, 6.45) is 0. The lowest BCUT2D eigenvalue weighted by Crippen LogP contribution is -2.52. The van der Waals surface area contributed by atoms with E-state index in [1.807, 2.05) is 41.5 Å². The third kappa shape index (κ3) is 1.97. The van der Waals surface area contributed by atoms with Crippen molar-refractivity contribution in [3.63, 3.8) is 0 Å². The van der Waals surface area contributed by atoms with Crippen LogP contribution in [0.25, 0.3) is 0 Å². The molecule has 68 valence electrons. The van der Waals surface area contributed by atoms with Crippen molar-refractivity contribution in [1.82, 2.24) is 0 Å². The molecule has 2 N–H and O–H groups in total. The molecule has 0 aromatic carbocycles. The predicted octanol–water partition coefficient (Wildman–Crippen LogP) is 2.01. The van der Waals surface area contributed by atoms with Crippen molar-refractivity contribution in [2.45, 2.75) is 52.2 Å². The molecule has 0 unspecified atom stereocenters. The van der Waals surface area contributed by atoms with Gasteiger partial charge in [-0.05, 0) is 0 Å². The van der Waals surface area contributed by atoms with Gasteiger partial charge in [-0.3, -0.25) is 0 Å². The summed E-state index contributed by atoms with van der Waals surface area (Å²) in [5, 5.41) is 18.7. The third-order valence-electron chi connectivity index (χ3n) is 2.42. The molecule has 0 fully saturated rings. The lowest BCUT2D eigenvalue weighted by Gasteiger charge is -2.51. The molecule has 11 heavy (non-hydrogen) atoms. The standard InChI is InChI=1S/C8H20BO2/c1-7(2,3)9(10,11)8(4,5)6/h10-11H,1-6H3/q-1. The van der Waals surface area contributed by atoms with Crippen molar-refractivity contribution in [3.05, 3.63) is 0 Å². The van der Waals surface area contributed by atoms with Gasteiger partial charge in [0.2, 0.25) is 6.55 Å². The quantitative estimate of drug-likeness (QED) is 0.530. The van der Waals surface area contributed by atoms with Gasteiger partial charge in [-0.2, -0.15) is 0 Å². The summed E-state index contributed by atoms with van der Waals surface area (Å²) < 4.78 is 0. The number of hydrogen-bond donors (Lipinski definition) is 2. The first-order valence-electron chi connectivity index (χ1n) is 4.09. The second-order valence-corrected chi connectivity index (χ2v) is 5.51. The molecular formula is C8H20BO2-. The minimum Gasteiger partial charge on any atom is -0.582 e. The summed E-state index contributed by atoms with van der Waals surface area (Å²) in [5.74, 6) is 0. The molecule has 0 aromatic rings. The van der Waals surface area contributed by atoms with Gasteiger partial charge < -0.3 is 10.0 Å². The molecule has 0 aliphatic carbocycles. The minimum atomic E-state index is -2.29. The van der Waals surface area contributed by atoms with Crippen molar-refractivity contribution in [2.75, 3.05) is 0 Å². The molecule has 0 radical (unpaired) electrons. The number of hydrogen-bond acceptors (Lipinski definition) is 2. The Morgan fingerprint density at radius 1 is 0.727 bits per heavy atom. The Hall–Kier alpha value is -0.0151. The van der Waals surface area contributed by atoms with Gasteiger partial charge in [0.15, 0.2) is 0 Å². The SMILES string of the molecule is CC(C)(C)[B-](O)(O)C(C)(C)C. The van der Waals surface area contributed by atoms with E-state index in [1.54, 1.807) is 0 Å². The van der Waals surface area contributed by atoms with E-state index >= 15 is 0 Å². The molecule has 0 saturated heterocycles. The fourth-order valence-electron chi connectivity index (χ4n) is 1.30. The molecule has 0 bridgehead atoms. The van der Waals surface area contributed by atoms with Gasteiger partial charge in [-0.1, -0.05) is 41.5 Å². The van der Waals surface area contributed by atoms with Crippen LogP contribution in [0.1, 0.15) is 41.5 Å². The summed E-state index contributed by atoms with van der Waals surface area (Å²) >= 11 is 0. The highest BCUT2D eigenvalue weighted by atomic mass is 16.4. The van der Waals surface area contributed by atoms with E-state index in [4.69, 9.17) is 0 Å². The maximum absolute atomic E-state index is 9.81. The first-order chi connectivity index (χ1) is 4.50. The largest absolute Gasteiger partial charge is 0.582 e. The van der Waals surface area contributed by atoms with Crippen LogP contribution in [-0.2, 0) is 0 Å². The zero-order valence-corrected chi connectivity index (χ0v) is 8.47. The second-order valence-electron chi connectivity index (χ2n) is 5.51. The highest BCUT2D eigenvalue weighted by molar-refractivity contribution is 6.70. The predicted molar refractivity (Wildman–Crippen MR) is 49.6 cm³/mol. The van der Waals surface area contributed by atoms with Crippen LogP contribution in [-0.4, -0.2) is 16.6 Å². The van der Waals surface area contributed by atoms with Gasteiger partial charge in [-0.15, -0.1) is 10.6 Å². The van der Waals surface area contributed by atoms with E-state index < -0.39 is 17.2 Å². The van der Waals surface area contributed by atoms with Crippen LogP contribution in [0.2, 0.25) is 10.6 Å². The lowest BCUT2D eigenvalue weighted by atomic mass is 9.29. The number of rotatable bonds is 0. The van der Waals surface area contributed by atoms with Crippen molar-refractivity contribution in [3.8, 4) is 0 Å². The third-order valence-corrected chi connectivity index (χ3v) is 2.42. The lowest BCUT2D eigenvalue weighted by molar-refractivity contribution is 0.273. The van der Waals surface area contributed by atoms with Gasteiger partial charge >= 0.3 is 0 Å². The smallest absolute Gasteiger partial charge is 0.246 e. The van der Waals surface area contributed by atoms with Gasteiger partial charge in [0, 0.05) is 0 Å². The summed E-state index contributed by atoms with van der Waals surface area (Å²) in [5.41, 5.74) is 0. The molecule has 0 aliphatic rings. The minimum absolute atomic E-state index is 0.446. The van der Waals surface area contributed by atoms with Crippen LogP contribution in [0, 0.1) is 0 Å². The van der Waals surface area contributed by atoms with Gasteiger partial charge in [-0.25, -0.2) is 0 Å². The Kier molecular flexibility index (Phi) is 2.49. The van der Waals surface area contributed by atoms with Gasteiger partial charge in [0.1, 0.15) is 0 Å². The van der Waals surface area contributed by atoms with E-state index in [0.717, 1.165) is 0 Å². The summed E-state index contributed by atoms with van der Waals surface area (Å²) in [7, 11) is 0. The van der Waals surface area contributed by atoms with Gasteiger partial charge in [0.05, 0.1) is 0 Å². The fraction of sp³-hybridized carbons (Fsp3) is 1.00. The first kappa shape index (κ1) is 11.0. The Morgan fingerprint density at radius 3 is 0.909 bits per heavy atom. The molecule has 0 amide bonds. The molecule has 0 aliphatic heterocycles. The van der Waals surface area contributed by atoms with Crippen molar-refractivity contribution < 1.29 is 10.0 Å². The molecule has 0 spiro atoms. The van der Waals surface area contributed by atoms with Crippen molar-refractivity contribution >= 4 is 6.55 Å². The molecule has 0 heterocycles. The highest BCUT2D eigenvalue weighted by Gasteiger charge is 2.42. The highest BCUT2D eigenvalue weighted by Crippen LogP contribution is 2.46. The van der Waals surface area contributed by atoms with Crippen LogP contribution in [0.5, 0.6) is 0 Å². The van der Waals surface area contributed by atoms with E-state index in [0.29, 0.717) is 0 Å². The average Bonchev–Trinajstić information content (AvgIpc) is 1.58. The maximum atomic E-state index is 9.81. The van der Waals surface area contributed by atoms with Crippen LogP contribution < -0.4 is 0 Å². The summed E-state index contributed by atoms with van der Waals surface area (Å²) in [6.45, 7) is 8.78. The molecule has 0 aromatic heterocycles. The van der Waals surface area contributed by atoms with Crippen LogP contribution in [0.3, 0.4) is 0 Å². The topological polar surface area (TPSA) is 40.5 Å². The van der Waals surface area contributed by atoms with Crippen LogP contribution in [0.15, 0.2) is 0 Å². The summed E-state index contributed by atoms with van der Waals surface area (Å²) in [6, 6.07) is 0. The van der Waals surface area contributed by atoms with Crippen LogP contribution in [0.4, 0.5) is 0 Å². The van der Waals surface area contributed by atoms with Crippen molar-refractivity contribution in [1.29, 1.82) is 0 Å². The molecule has 0 atom stereocenters. The normalized spacial score (nSPS) is 15.3. The molecule has 0 saturated carbocycles. The molecule has 0 rings (SSSR count). The first-order valence-corrected chi connectivity index (χ1v) is 4.09. The van der Waals surface area contributed by atoms with Crippen LogP contribution >= 0.6 is 0 Å². The Morgan fingerprint density at radius 2 is 0.909 bits per heavy atom. The zero-order valence-electron chi connectivity index (χ0n) is 8.47. The second kappa shape index (κ2) is 2.49. The summed E-state index contributed by atoms with van der Waals surface area (Å²) in [4.78, 5) is 0. The van der Waals surface area contributed by atoms with E-state index in [2.05, 4.69) is 0 Å². The Balaban J connectivity index is 4.75. The Labute approximate surface area is 69.6 Å². The van der Waals surface area contributed by atoms with E-state index in [9.17, 15) is 10.0 Å². The molecule has 3 heteroatoms. The maximum Gasteiger partial charge on any atom is 0.246 e. The van der Waals surface area contributed by atoms with Gasteiger partial charge in [0.25, 0.3) is 0 Å². The fourth-order valence-corrected chi connectivity index (χ4v) is 1.30. The van der Waals surface area contributed by atoms with Crippen molar-refractivity contribution in [2.24, 2.45) is 0 Å². The Bertz CT molecular complexity index is 123. The van der Waals surface area contributed by atoms with E-state index in [1.165, 1.54) is 0 Å². The average molecular weight is 159 g/mol.